The Morgan fingerprint density at radius 1 is 0.833 bits per heavy atom. The Morgan fingerprint density at radius 3 is 1.89 bits per heavy atom. The first-order chi connectivity index (χ1) is 8.86. The van der Waals surface area contributed by atoms with Crippen molar-refractivity contribution < 1.29 is 0 Å². The van der Waals surface area contributed by atoms with Crippen LogP contribution in [0.4, 0.5) is 0 Å². The lowest BCUT2D eigenvalue weighted by molar-refractivity contribution is 0.263. The van der Waals surface area contributed by atoms with E-state index in [0.29, 0.717) is 0 Å². The van der Waals surface area contributed by atoms with Gasteiger partial charge in [-0.15, -0.1) is 0 Å². The molecule has 2 nitrogen and oxygen atoms in total. The van der Waals surface area contributed by atoms with Gasteiger partial charge in [-0.3, -0.25) is 0 Å². The van der Waals surface area contributed by atoms with E-state index in [2.05, 4.69) is 5.32 Å². The van der Waals surface area contributed by atoms with Gasteiger partial charge in [-0.1, -0.05) is 0 Å². The molecule has 0 aromatic heterocycles. The van der Waals surface area contributed by atoms with Gasteiger partial charge in [0.15, 0.2) is 0 Å². The molecule has 3 N–H and O–H groups in total. The van der Waals surface area contributed by atoms with Crippen LogP contribution in [0.2, 0.25) is 0 Å². The smallest absolute Gasteiger partial charge is 0.00151 e. The van der Waals surface area contributed by atoms with E-state index in [1.807, 2.05) is 0 Å². The zero-order valence-electron chi connectivity index (χ0n) is 11.7. The lowest BCUT2D eigenvalue weighted by Gasteiger charge is -2.28. The molecule has 18 heavy (non-hydrogen) atoms. The highest BCUT2D eigenvalue weighted by molar-refractivity contribution is 4.92. The fourth-order valence-electron chi connectivity index (χ4n) is 3.89. The second-order valence-electron chi connectivity index (χ2n) is 7.12. The summed E-state index contributed by atoms with van der Waals surface area (Å²) in [6.07, 6.45) is 11.6. The van der Waals surface area contributed by atoms with Crippen LogP contribution in [0.5, 0.6) is 0 Å². The van der Waals surface area contributed by atoms with Gasteiger partial charge >= 0.3 is 0 Å². The molecule has 0 spiro atoms. The molecule has 3 rings (SSSR count). The SMILES string of the molecule is NCC1CCC(CNCC(C2CC2)C2CC2)CC1. The Morgan fingerprint density at radius 2 is 1.39 bits per heavy atom. The number of hydrogen-bond donors (Lipinski definition) is 2. The lowest BCUT2D eigenvalue weighted by atomic mass is 9.82. The average Bonchev–Trinajstić information content (AvgIpc) is 3.29. The Hall–Kier alpha value is -0.0800. The molecule has 0 amide bonds. The summed E-state index contributed by atoms with van der Waals surface area (Å²) in [7, 11) is 0. The van der Waals surface area contributed by atoms with E-state index in [-0.39, 0.29) is 0 Å². The molecule has 2 heteroatoms. The molecule has 0 saturated heterocycles. The molecule has 0 bridgehead atoms. The zero-order chi connectivity index (χ0) is 12.4. The first-order valence-corrected chi connectivity index (χ1v) is 8.27. The van der Waals surface area contributed by atoms with Gasteiger partial charge in [0.1, 0.15) is 0 Å². The molecule has 3 fully saturated rings. The molecule has 0 aromatic carbocycles. The molecule has 3 aliphatic rings. The molecule has 0 heterocycles. The summed E-state index contributed by atoms with van der Waals surface area (Å²) in [5.41, 5.74) is 5.75. The Labute approximate surface area is 112 Å². The molecule has 3 aliphatic carbocycles. The van der Waals surface area contributed by atoms with Crippen LogP contribution in [0.15, 0.2) is 0 Å². The minimum Gasteiger partial charge on any atom is -0.330 e. The fraction of sp³-hybridized carbons (Fsp3) is 1.00. The molecule has 0 aromatic rings. The third-order valence-corrected chi connectivity index (χ3v) is 5.57. The maximum Gasteiger partial charge on any atom is -0.00151 e. The highest BCUT2D eigenvalue weighted by atomic mass is 14.9. The molecular formula is C16H30N2. The minimum atomic E-state index is 0.826. The van der Waals surface area contributed by atoms with Crippen LogP contribution in [-0.2, 0) is 0 Å². The van der Waals surface area contributed by atoms with Gasteiger partial charge in [-0.25, -0.2) is 0 Å². The van der Waals surface area contributed by atoms with E-state index in [1.54, 1.807) is 0 Å². The van der Waals surface area contributed by atoms with Crippen LogP contribution in [0.1, 0.15) is 51.4 Å². The van der Waals surface area contributed by atoms with Crippen LogP contribution in [0, 0.1) is 29.6 Å². The predicted molar refractivity (Wildman–Crippen MR) is 76.3 cm³/mol. The minimum absolute atomic E-state index is 0.826. The number of nitrogens with two attached hydrogens (primary N) is 1. The summed E-state index contributed by atoms with van der Waals surface area (Å²) >= 11 is 0. The highest BCUT2D eigenvalue weighted by Gasteiger charge is 2.40. The standard InChI is InChI=1S/C16H30N2/c17-9-12-1-3-13(4-2-12)10-18-11-16(14-5-6-14)15-7-8-15/h12-16,18H,1-11,17H2. The molecular weight excluding hydrogens is 220 g/mol. The first kappa shape index (κ1) is 12.9. The molecule has 0 atom stereocenters. The molecule has 0 unspecified atom stereocenters. The van der Waals surface area contributed by atoms with Gasteiger partial charge < -0.3 is 11.1 Å². The van der Waals surface area contributed by atoms with Crippen LogP contribution in [0.25, 0.3) is 0 Å². The van der Waals surface area contributed by atoms with Gasteiger partial charge in [0.05, 0.1) is 0 Å². The number of nitrogens with one attached hydrogen (secondary N) is 1. The van der Waals surface area contributed by atoms with Gasteiger partial charge in [0.25, 0.3) is 0 Å². The predicted octanol–water partition coefficient (Wildman–Crippen LogP) is 2.78. The van der Waals surface area contributed by atoms with Gasteiger partial charge in [0.2, 0.25) is 0 Å². The maximum absolute atomic E-state index is 5.75. The fourth-order valence-corrected chi connectivity index (χ4v) is 3.89. The van der Waals surface area contributed by atoms with Gasteiger partial charge in [-0.2, -0.15) is 0 Å². The normalized spacial score (nSPS) is 33.0. The van der Waals surface area contributed by atoms with Crippen molar-refractivity contribution in [2.24, 2.45) is 35.3 Å². The maximum atomic E-state index is 5.75. The number of rotatable bonds is 7. The second kappa shape index (κ2) is 5.92. The lowest BCUT2D eigenvalue weighted by Crippen LogP contribution is -2.32. The summed E-state index contributed by atoms with van der Waals surface area (Å²) in [5.74, 6) is 4.99. The van der Waals surface area contributed by atoms with Crippen molar-refractivity contribution in [3.8, 4) is 0 Å². The monoisotopic (exact) mass is 250 g/mol. The molecule has 104 valence electrons. The van der Waals surface area contributed by atoms with E-state index >= 15 is 0 Å². The van der Waals surface area contributed by atoms with Crippen LogP contribution in [-0.4, -0.2) is 19.6 Å². The first-order valence-electron chi connectivity index (χ1n) is 8.27. The van der Waals surface area contributed by atoms with E-state index in [4.69, 9.17) is 5.73 Å². The van der Waals surface area contributed by atoms with Crippen molar-refractivity contribution in [2.75, 3.05) is 19.6 Å². The van der Waals surface area contributed by atoms with Crippen molar-refractivity contribution in [3.63, 3.8) is 0 Å². The summed E-state index contributed by atoms with van der Waals surface area (Å²) in [4.78, 5) is 0. The Kier molecular flexibility index (Phi) is 4.25. The zero-order valence-corrected chi connectivity index (χ0v) is 11.7. The van der Waals surface area contributed by atoms with Crippen LogP contribution in [0.3, 0.4) is 0 Å². The van der Waals surface area contributed by atoms with Crippen molar-refractivity contribution in [1.29, 1.82) is 0 Å². The third-order valence-electron chi connectivity index (χ3n) is 5.57. The summed E-state index contributed by atoms with van der Waals surface area (Å²) in [5, 5.41) is 3.80. The number of hydrogen-bond acceptors (Lipinski definition) is 2. The van der Waals surface area contributed by atoms with Crippen LogP contribution >= 0.6 is 0 Å². The van der Waals surface area contributed by atoms with E-state index in [0.717, 1.165) is 36.1 Å². The quantitative estimate of drug-likeness (QED) is 0.729. The molecule has 3 saturated carbocycles. The van der Waals surface area contributed by atoms with E-state index < -0.39 is 0 Å². The van der Waals surface area contributed by atoms with Crippen molar-refractivity contribution in [3.05, 3.63) is 0 Å². The third kappa shape index (κ3) is 3.48. The van der Waals surface area contributed by atoms with Crippen LogP contribution < -0.4 is 11.1 Å². The van der Waals surface area contributed by atoms with Gasteiger partial charge in [0, 0.05) is 0 Å². The summed E-state index contributed by atoms with van der Waals surface area (Å²) in [6.45, 7) is 3.49. The Bertz CT molecular complexity index is 238. The summed E-state index contributed by atoms with van der Waals surface area (Å²) < 4.78 is 0. The van der Waals surface area contributed by atoms with Gasteiger partial charge in [-0.05, 0) is 101 Å². The second-order valence-corrected chi connectivity index (χ2v) is 7.12. The molecule has 0 radical (unpaired) electrons. The van der Waals surface area contributed by atoms with Crippen molar-refractivity contribution >= 4 is 0 Å². The topological polar surface area (TPSA) is 38.0 Å². The summed E-state index contributed by atoms with van der Waals surface area (Å²) in [6, 6.07) is 0. The largest absolute Gasteiger partial charge is 0.330 e. The Balaban J connectivity index is 1.32. The van der Waals surface area contributed by atoms with E-state index in [1.165, 1.54) is 64.5 Å². The highest BCUT2D eigenvalue weighted by Crippen LogP contribution is 2.48. The van der Waals surface area contributed by atoms with Crippen molar-refractivity contribution in [2.45, 2.75) is 51.4 Å². The molecule has 0 aliphatic heterocycles. The van der Waals surface area contributed by atoms with Crippen molar-refractivity contribution in [1.82, 2.24) is 5.32 Å². The van der Waals surface area contributed by atoms with E-state index in [9.17, 15) is 0 Å². The average molecular weight is 250 g/mol.